The van der Waals surface area contributed by atoms with Crippen LogP contribution in [0.15, 0.2) is 83.8 Å². The molecule has 3 N–H and O–H groups in total. The summed E-state index contributed by atoms with van der Waals surface area (Å²) in [5, 5.41) is 19.2. The van der Waals surface area contributed by atoms with Crippen molar-refractivity contribution in [3.8, 4) is 5.75 Å². The van der Waals surface area contributed by atoms with Crippen molar-refractivity contribution in [2.75, 3.05) is 11.3 Å². The van der Waals surface area contributed by atoms with Crippen LogP contribution in [0.4, 0.5) is 5.69 Å². The van der Waals surface area contributed by atoms with Gasteiger partial charge in [-0.2, -0.15) is 0 Å². The number of carbonyl (C=O) groups is 1. The molecule has 0 aliphatic rings. The lowest BCUT2D eigenvalue weighted by molar-refractivity contribution is -0.136. The highest BCUT2D eigenvalue weighted by Crippen LogP contribution is 2.21. The molecule has 0 heterocycles. The van der Waals surface area contributed by atoms with Crippen molar-refractivity contribution in [2.24, 2.45) is 0 Å². The number of aliphatic carboxylic acids is 1. The van der Waals surface area contributed by atoms with E-state index in [1.807, 2.05) is 31.2 Å². The summed E-state index contributed by atoms with van der Waals surface area (Å²) in [4.78, 5) is 11.0. The van der Waals surface area contributed by atoms with Gasteiger partial charge in [0.15, 0.2) is 0 Å². The minimum absolute atomic E-state index is 0.0198. The van der Waals surface area contributed by atoms with Gasteiger partial charge in [0.2, 0.25) is 0 Å². The fourth-order valence-corrected chi connectivity index (χ4v) is 4.39. The Kier molecular flexibility index (Phi) is 9.05. The number of hydrogen-bond acceptors (Lipinski definition) is 5. The molecule has 0 aromatic heterocycles. The van der Waals surface area contributed by atoms with Crippen molar-refractivity contribution >= 4 is 27.8 Å². The second-order valence-electron chi connectivity index (χ2n) is 8.11. The van der Waals surface area contributed by atoms with Gasteiger partial charge in [-0.05, 0) is 54.8 Å². The highest BCUT2D eigenvalue weighted by atomic mass is 32.2. The molecule has 0 amide bonds. The molecule has 3 aromatic carbocycles. The highest BCUT2D eigenvalue weighted by molar-refractivity contribution is 7.92. The van der Waals surface area contributed by atoms with E-state index in [0.29, 0.717) is 24.3 Å². The number of aryl methyl sites for hydroxylation is 2. The van der Waals surface area contributed by atoms with Crippen molar-refractivity contribution in [1.29, 1.82) is 0 Å². The van der Waals surface area contributed by atoms with E-state index in [4.69, 9.17) is 9.84 Å². The smallest absolute Gasteiger partial charge is 0.303 e. The van der Waals surface area contributed by atoms with Gasteiger partial charge in [0.25, 0.3) is 10.0 Å². The number of hydrogen-bond donors (Lipinski definition) is 3. The zero-order valence-corrected chi connectivity index (χ0v) is 20.2. The fraction of sp³-hybridized carbons (Fsp3) is 0.222. The largest absolute Gasteiger partial charge is 0.493 e. The van der Waals surface area contributed by atoms with Crippen LogP contribution in [0.2, 0.25) is 0 Å². The Morgan fingerprint density at radius 3 is 2.54 bits per heavy atom. The van der Waals surface area contributed by atoms with Crippen LogP contribution in [0.5, 0.6) is 5.75 Å². The lowest BCUT2D eigenvalue weighted by Crippen LogP contribution is -2.13. The van der Waals surface area contributed by atoms with Crippen molar-refractivity contribution in [3.63, 3.8) is 0 Å². The van der Waals surface area contributed by atoms with E-state index in [1.54, 1.807) is 60.7 Å². The maximum absolute atomic E-state index is 12.6. The van der Waals surface area contributed by atoms with Crippen LogP contribution < -0.4 is 9.46 Å². The maximum atomic E-state index is 12.6. The van der Waals surface area contributed by atoms with Crippen LogP contribution in [0, 0.1) is 6.92 Å². The monoisotopic (exact) mass is 495 g/mol. The van der Waals surface area contributed by atoms with Gasteiger partial charge in [0, 0.05) is 18.5 Å². The van der Waals surface area contributed by atoms with Gasteiger partial charge in [-0.1, -0.05) is 60.2 Å². The number of anilines is 1. The molecule has 0 aliphatic carbocycles. The predicted molar refractivity (Wildman–Crippen MR) is 136 cm³/mol. The van der Waals surface area contributed by atoms with Crippen LogP contribution >= 0.6 is 0 Å². The van der Waals surface area contributed by atoms with Crippen molar-refractivity contribution < 1.29 is 28.2 Å². The molecule has 0 spiro atoms. The zero-order valence-electron chi connectivity index (χ0n) is 19.4. The normalized spacial score (nSPS) is 12.4. The zero-order chi connectivity index (χ0) is 25.3. The Morgan fingerprint density at radius 1 is 1.06 bits per heavy atom. The minimum Gasteiger partial charge on any atom is -0.493 e. The Hall–Kier alpha value is -3.62. The number of ether oxygens (including phenoxy) is 1. The average Bonchev–Trinajstić information content (AvgIpc) is 2.82. The summed E-state index contributed by atoms with van der Waals surface area (Å²) in [6, 6.07) is 20.7. The summed E-state index contributed by atoms with van der Waals surface area (Å²) in [5.41, 5.74) is 2.93. The summed E-state index contributed by atoms with van der Waals surface area (Å²) >= 11 is 0. The van der Waals surface area contributed by atoms with Gasteiger partial charge in [-0.3, -0.25) is 9.52 Å². The molecular formula is C27H29NO6S. The molecule has 0 radical (unpaired) electrons. The Balaban J connectivity index is 1.54. The molecule has 0 fully saturated rings. The van der Waals surface area contributed by atoms with E-state index in [-0.39, 0.29) is 17.9 Å². The number of benzene rings is 3. The van der Waals surface area contributed by atoms with E-state index < -0.39 is 22.1 Å². The van der Waals surface area contributed by atoms with E-state index in [1.165, 1.54) is 0 Å². The third kappa shape index (κ3) is 8.27. The van der Waals surface area contributed by atoms with Gasteiger partial charge in [-0.25, -0.2) is 8.42 Å². The molecule has 0 saturated carbocycles. The number of para-hydroxylation sites is 1. The topological polar surface area (TPSA) is 113 Å². The number of nitrogens with one attached hydrogen (secondary N) is 1. The van der Waals surface area contributed by atoms with Crippen LogP contribution in [-0.4, -0.2) is 37.3 Å². The number of aliphatic hydroxyl groups excluding tert-OH is 1. The molecule has 0 bridgehead atoms. The average molecular weight is 496 g/mol. The molecular weight excluding hydrogens is 466 g/mol. The second-order valence-corrected chi connectivity index (χ2v) is 9.79. The number of aliphatic hydroxyl groups is 1. The molecule has 35 heavy (non-hydrogen) atoms. The molecule has 3 aromatic rings. The first-order valence-electron chi connectivity index (χ1n) is 11.2. The Labute approximate surface area is 205 Å². The predicted octanol–water partition coefficient (Wildman–Crippen LogP) is 4.66. The molecule has 0 unspecified atom stereocenters. The summed E-state index contributed by atoms with van der Waals surface area (Å²) in [6.07, 6.45) is 3.30. The third-order valence-electron chi connectivity index (χ3n) is 5.23. The summed E-state index contributed by atoms with van der Waals surface area (Å²) in [7, 11) is -3.70. The molecule has 184 valence electrons. The lowest BCUT2D eigenvalue weighted by atomic mass is 10.1. The van der Waals surface area contributed by atoms with E-state index in [9.17, 15) is 18.3 Å². The van der Waals surface area contributed by atoms with E-state index >= 15 is 0 Å². The van der Waals surface area contributed by atoms with Crippen LogP contribution in [-0.2, 0) is 21.2 Å². The SMILES string of the molecule is Cc1ccc(S(=O)(=O)Nc2cccc(/C=C/[C@H](O)CCOc3ccccc3CCC(=O)O)c2)cc1. The first-order chi connectivity index (χ1) is 16.7. The Morgan fingerprint density at radius 2 is 1.80 bits per heavy atom. The van der Waals surface area contributed by atoms with Crippen LogP contribution in [0.1, 0.15) is 29.5 Å². The third-order valence-corrected chi connectivity index (χ3v) is 6.63. The number of carboxylic acids is 1. The first kappa shape index (κ1) is 26.0. The first-order valence-corrected chi connectivity index (χ1v) is 12.7. The fourth-order valence-electron chi connectivity index (χ4n) is 3.34. The molecule has 1 atom stereocenters. The Bertz CT molecular complexity index is 1270. The summed E-state index contributed by atoms with van der Waals surface area (Å²) in [5.74, 6) is -0.258. The standard InChI is InChI=1S/C27H29NO6S/c1-20-9-14-25(15-10-20)35(32,33)28-23-7-4-5-21(19-23)11-13-24(29)17-18-34-26-8-3-2-6-22(26)12-16-27(30)31/h2-11,13-15,19,24,28-29H,12,16-18H2,1H3,(H,30,31)/b13-11+/t24-/m0/s1. The number of rotatable bonds is 12. The van der Waals surface area contributed by atoms with Crippen molar-refractivity contribution in [3.05, 3.63) is 95.6 Å². The van der Waals surface area contributed by atoms with E-state index in [0.717, 1.165) is 16.7 Å². The summed E-state index contributed by atoms with van der Waals surface area (Å²) < 4.78 is 33.6. The number of carboxylic acid groups (broad SMARTS) is 1. The summed E-state index contributed by atoms with van der Waals surface area (Å²) in [6.45, 7) is 2.15. The van der Waals surface area contributed by atoms with Gasteiger partial charge >= 0.3 is 5.97 Å². The van der Waals surface area contributed by atoms with E-state index in [2.05, 4.69) is 4.72 Å². The minimum atomic E-state index is -3.70. The molecule has 0 aliphatic heterocycles. The molecule has 0 saturated heterocycles. The van der Waals surface area contributed by atoms with Gasteiger partial charge in [0.05, 0.1) is 17.6 Å². The second kappa shape index (κ2) is 12.2. The van der Waals surface area contributed by atoms with Crippen LogP contribution in [0.3, 0.4) is 0 Å². The van der Waals surface area contributed by atoms with Gasteiger partial charge in [0.1, 0.15) is 5.75 Å². The maximum Gasteiger partial charge on any atom is 0.303 e. The van der Waals surface area contributed by atoms with Crippen LogP contribution in [0.25, 0.3) is 6.08 Å². The van der Waals surface area contributed by atoms with Gasteiger partial charge < -0.3 is 14.9 Å². The molecule has 3 rings (SSSR count). The van der Waals surface area contributed by atoms with Gasteiger partial charge in [-0.15, -0.1) is 0 Å². The highest BCUT2D eigenvalue weighted by Gasteiger charge is 2.14. The lowest BCUT2D eigenvalue weighted by Gasteiger charge is -2.12. The molecule has 8 heteroatoms. The van der Waals surface area contributed by atoms with Crippen molar-refractivity contribution in [2.45, 2.75) is 37.2 Å². The number of sulfonamides is 1. The quantitative estimate of drug-likeness (QED) is 0.337. The molecule has 7 nitrogen and oxygen atoms in total. The van der Waals surface area contributed by atoms with Crippen molar-refractivity contribution in [1.82, 2.24) is 0 Å².